The number of hydrogen-bond donors (Lipinski definition) is 1. The van der Waals surface area contributed by atoms with E-state index in [1.807, 2.05) is 65.6 Å². The van der Waals surface area contributed by atoms with Crippen molar-refractivity contribution in [2.75, 3.05) is 31.1 Å². The maximum absolute atomic E-state index is 13.1. The molecule has 4 heterocycles. The first-order valence-electron chi connectivity index (χ1n) is 10.9. The van der Waals surface area contributed by atoms with Crippen molar-refractivity contribution in [2.45, 2.75) is 0 Å². The van der Waals surface area contributed by atoms with Crippen LogP contribution in [0.1, 0.15) is 10.4 Å². The van der Waals surface area contributed by atoms with Crippen molar-refractivity contribution < 1.29 is 4.79 Å². The number of rotatable bonds is 3. The van der Waals surface area contributed by atoms with Crippen molar-refractivity contribution in [1.29, 1.82) is 0 Å². The highest BCUT2D eigenvalue weighted by molar-refractivity contribution is 5.97. The van der Waals surface area contributed by atoms with Crippen LogP contribution >= 0.6 is 0 Å². The fraction of sp³-hybridized carbons (Fsp3) is 0.160. The molecule has 1 aliphatic rings. The van der Waals surface area contributed by atoms with E-state index in [-0.39, 0.29) is 5.91 Å². The second-order valence-corrected chi connectivity index (χ2v) is 8.02. The SMILES string of the molecule is O=C(c1ccc2nc[nH]c2c1)N1CCN(c2nc(-c3ccccn3)nc3ccccc23)CC1. The number of nitrogens with one attached hydrogen (secondary N) is 1. The summed E-state index contributed by atoms with van der Waals surface area (Å²) in [5, 5.41) is 1.00. The van der Waals surface area contributed by atoms with Gasteiger partial charge in [-0.1, -0.05) is 18.2 Å². The third-order valence-electron chi connectivity index (χ3n) is 6.01. The monoisotopic (exact) mass is 435 g/mol. The van der Waals surface area contributed by atoms with E-state index in [0.717, 1.165) is 33.4 Å². The Bertz CT molecular complexity index is 1460. The average molecular weight is 435 g/mol. The number of aromatic amines is 1. The van der Waals surface area contributed by atoms with Crippen molar-refractivity contribution in [3.8, 4) is 11.5 Å². The normalized spacial score (nSPS) is 14.2. The fourth-order valence-electron chi connectivity index (χ4n) is 4.28. The molecule has 1 aliphatic heterocycles. The quantitative estimate of drug-likeness (QED) is 0.466. The Morgan fingerprint density at radius 3 is 2.55 bits per heavy atom. The number of imidazole rings is 1. The van der Waals surface area contributed by atoms with Gasteiger partial charge >= 0.3 is 0 Å². The van der Waals surface area contributed by atoms with Gasteiger partial charge in [-0.3, -0.25) is 9.78 Å². The Kier molecular flexibility index (Phi) is 4.68. The van der Waals surface area contributed by atoms with Gasteiger partial charge in [-0.25, -0.2) is 15.0 Å². The minimum absolute atomic E-state index is 0.0351. The van der Waals surface area contributed by atoms with Gasteiger partial charge in [0.05, 0.1) is 22.9 Å². The van der Waals surface area contributed by atoms with E-state index < -0.39 is 0 Å². The summed E-state index contributed by atoms with van der Waals surface area (Å²) >= 11 is 0. The Morgan fingerprint density at radius 1 is 0.848 bits per heavy atom. The number of para-hydroxylation sites is 1. The van der Waals surface area contributed by atoms with E-state index in [0.29, 0.717) is 37.6 Å². The topological polar surface area (TPSA) is 90.9 Å². The molecule has 0 atom stereocenters. The molecule has 0 spiro atoms. The molecule has 1 fully saturated rings. The molecular formula is C25H21N7O. The van der Waals surface area contributed by atoms with Crippen LogP contribution in [-0.4, -0.2) is 61.9 Å². The third kappa shape index (κ3) is 3.55. The number of nitrogens with zero attached hydrogens (tertiary/aromatic N) is 6. The first-order valence-corrected chi connectivity index (χ1v) is 10.9. The van der Waals surface area contributed by atoms with Crippen LogP contribution in [0.2, 0.25) is 0 Å². The average Bonchev–Trinajstić information content (AvgIpc) is 3.36. The predicted molar refractivity (Wildman–Crippen MR) is 127 cm³/mol. The number of H-pyrrole nitrogens is 1. The van der Waals surface area contributed by atoms with Crippen LogP contribution in [0.15, 0.2) is 73.2 Å². The van der Waals surface area contributed by atoms with Gasteiger partial charge in [-0.15, -0.1) is 0 Å². The van der Waals surface area contributed by atoms with Crippen molar-refractivity contribution in [3.05, 3.63) is 78.8 Å². The molecule has 1 saturated heterocycles. The zero-order valence-electron chi connectivity index (χ0n) is 17.8. The number of piperazine rings is 1. The highest BCUT2D eigenvalue weighted by Crippen LogP contribution is 2.28. The molecule has 33 heavy (non-hydrogen) atoms. The fourth-order valence-corrected chi connectivity index (χ4v) is 4.28. The summed E-state index contributed by atoms with van der Waals surface area (Å²) in [4.78, 5) is 38.6. The Balaban J connectivity index is 1.27. The van der Waals surface area contributed by atoms with Crippen molar-refractivity contribution in [2.24, 2.45) is 0 Å². The van der Waals surface area contributed by atoms with Crippen molar-refractivity contribution in [1.82, 2.24) is 29.8 Å². The summed E-state index contributed by atoms with van der Waals surface area (Å²) < 4.78 is 0. The molecule has 3 aromatic heterocycles. The predicted octanol–water partition coefficient (Wildman–Crippen LogP) is 3.53. The minimum Gasteiger partial charge on any atom is -0.352 e. The lowest BCUT2D eigenvalue weighted by atomic mass is 10.1. The van der Waals surface area contributed by atoms with Gasteiger partial charge in [0.1, 0.15) is 11.5 Å². The molecule has 8 nitrogen and oxygen atoms in total. The van der Waals surface area contributed by atoms with Gasteiger partial charge < -0.3 is 14.8 Å². The van der Waals surface area contributed by atoms with Crippen LogP contribution in [0, 0.1) is 0 Å². The van der Waals surface area contributed by atoms with Crippen LogP contribution in [-0.2, 0) is 0 Å². The molecule has 8 heteroatoms. The Morgan fingerprint density at radius 2 is 1.70 bits per heavy atom. The molecular weight excluding hydrogens is 414 g/mol. The lowest BCUT2D eigenvalue weighted by Gasteiger charge is -2.36. The smallest absolute Gasteiger partial charge is 0.254 e. The maximum Gasteiger partial charge on any atom is 0.254 e. The summed E-state index contributed by atoms with van der Waals surface area (Å²) in [5.41, 5.74) is 4.02. The molecule has 0 unspecified atom stereocenters. The summed E-state index contributed by atoms with van der Waals surface area (Å²) in [7, 11) is 0. The number of pyridine rings is 1. The summed E-state index contributed by atoms with van der Waals surface area (Å²) in [6, 6.07) is 19.3. The zero-order chi connectivity index (χ0) is 22.2. The standard InChI is InChI=1S/C25H21N7O/c33-25(17-8-9-20-22(15-17)28-16-27-20)32-13-11-31(12-14-32)24-18-5-1-2-6-19(18)29-23(30-24)21-7-3-4-10-26-21/h1-10,15-16H,11-14H2,(H,27,28). The highest BCUT2D eigenvalue weighted by Gasteiger charge is 2.25. The van der Waals surface area contributed by atoms with E-state index >= 15 is 0 Å². The minimum atomic E-state index is 0.0351. The maximum atomic E-state index is 13.1. The lowest BCUT2D eigenvalue weighted by molar-refractivity contribution is 0.0747. The molecule has 162 valence electrons. The number of carbonyl (C=O) groups excluding carboxylic acids is 1. The number of carbonyl (C=O) groups is 1. The molecule has 6 rings (SSSR count). The zero-order valence-corrected chi connectivity index (χ0v) is 17.8. The largest absolute Gasteiger partial charge is 0.352 e. The van der Waals surface area contributed by atoms with E-state index in [2.05, 4.69) is 19.9 Å². The van der Waals surface area contributed by atoms with Gasteiger partial charge in [0.2, 0.25) is 0 Å². The molecule has 0 radical (unpaired) electrons. The van der Waals surface area contributed by atoms with Crippen LogP contribution in [0.25, 0.3) is 33.5 Å². The summed E-state index contributed by atoms with van der Waals surface area (Å²) in [6.07, 6.45) is 3.39. The first-order chi connectivity index (χ1) is 16.3. The van der Waals surface area contributed by atoms with E-state index in [4.69, 9.17) is 9.97 Å². The molecule has 5 aromatic rings. The van der Waals surface area contributed by atoms with Crippen LogP contribution in [0.5, 0.6) is 0 Å². The van der Waals surface area contributed by atoms with Crippen LogP contribution < -0.4 is 4.90 Å². The Hall–Kier alpha value is -4.33. The van der Waals surface area contributed by atoms with Gasteiger partial charge in [-0.05, 0) is 42.5 Å². The summed E-state index contributed by atoms with van der Waals surface area (Å²) in [5.74, 6) is 1.52. The molecule has 1 N–H and O–H groups in total. The summed E-state index contributed by atoms with van der Waals surface area (Å²) in [6.45, 7) is 2.63. The van der Waals surface area contributed by atoms with E-state index in [9.17, 15) is 4.79 Å². The number of anilines is 1. The van der Waals surface area contributed by atoms with Crippen LogP contribution in [0.4, 0.5) is 5.82 Å². The first kappa shape index (κ1) is 19.4. The second-order valence-electron chi connectivity index (χ2n) is 8.02. The number of benzene rings is 2. The molecule has 1 amide bonds. The highest BCUT2D eigenvalue weighted by atomic mass is 16.2. The number of fused-ring (bicyclic) bond motifs is 2. The number of aromatic nitrogens is 5. The molecule has 0 aliphatic carbocycles. The van der Waals surface area contributed by atoms with Gasteiger partial charge in [-0.2, -0.15) is 0 Å². The number of hydrogen-bond acceptors (Lipinski definition) is 6. The second kappa shape index (κ2) is 7.98. The van der Waals surface area contributed by atoms with E-state index in [1.165, 1.54) is 0 Å². The Labute approximate surface area is 189 Å². The van der Waals surface area contributed by atoms with Crippen molar-refractivity contribution in [3.63, 3.8) is 0 Å². The molecule has 0 bridgehead atoms. The number of amides is 1. The molecule has 0 saturated carbocycles. The van der Waals surface area contributed by atoms with Gasteiger partial charge in [0.15, 0.2) is 5.82 Å². The van der Waals surface area contributed by atoms with Crippen LogP contribution in [0.3, 0.4) is 0 Å². The van der Waals surface area contributed by atoms with Gasteiger partial charge in [0.25, 0.3) is 5.91 Å². The third-order valence-corrected chi connectivity index (χ3v) is 6.01. The van der Waals surface area contributed by atoms with E-state index in [1.54, 1.807) is 12.5 Å². The molecule has 2 aromatic carbocycles. The van der Waals surface area contributed by atoms with Gasteiger partial charge in [0, 0.05) is 43.3 Å². The van der Waals surface area contributed by atoms with Crippen molar-refractivity contribution >= 4 is 33.7 Å². The lowest BCUT2D eigenvalue weighted by Crippen LogP contribution is -2.49.